The predicted octanol–water partition coefficient (Wildman–Crippen LogP) is 1.63. The molecule has 44 heavy (non-hydrogen) atoms. The van der Waals surface area contributed by atoms with Gasteiger partial charge in [-0.05, 0) is 44.9 Å². The van der Waals surface area contributed by atoms with Gasteiger partial charge >= 0.3 is 23.9 Å². The Morgan fingerprint density at radius 1 is 0.932 bits per heavy atom. The Morgan fingerprint density at radius 3 is 2.20 bits per heavy atom. The van der Waals surface area contributed by atoms with Gasteiger partial charge in [-0.25, -0.2) is 0 Å². The van der Waals surface area contributed by atoms with Crippen molar-refractivity contribution in [2.75, 3.05) is 13.2 Å². The summed E-state index contributed by atoms with van der Waals surface area (Å²) in [6, 6.07) is 0. The van der Waals surface area contributed by atoms with E-state index in [1.165, 1.54) is 20.8 Å². The van der Waals surface area contributed by atoms with E-state index in [1.807, 2.05) is 0 Å². The van der Waals surface area contributed by atoms with Crippen LogP contribution in [0.15, 0.2) is 0 Å². The number of carbonyl (C=O) groups excluding carboxylic acids is 4. The molecule has 5 fully saturated rings. The van der Waals surface area contributed by atoms with Crippen LogP contribution in [0.1, 0.15) is 74.1 Å². The molecule has 2 N–H and O–H groups in total. The van der Waals surface area contributed by atoms with Gasteiger partial charge in [-0.2, -0.15) is 0 Å². The third-order valence-corrected chi connectivity index (χ3v) is 11.4. The number of hydrogen-bond acceptors (Lipinski definition) is 13. The van der Waals surface area contributed by atoms with Crippen molar-refractivity contribution < 1.29 is 62.5 Å². The van der Waals surface area contributed by atoms with Crippen LogP contribution in [0.4, 0.5) is 0 Å². The molecule has 0 radical (unpaired) electrons. The molecule has 14 atom stereocenters. The summed E-state index contributed by atoms with van der Waals surface area (Å²) >= 11 is 0. The molecule has 5 aliphatic rings. The maximum atomic E-state index is 13.5. The highest BCUT2D eigenvalue weighted by atomic mass is 16.7. The van der Waals surface area contributed by atoms with Crippen LogP contribution in [0, 0.1) is 34.5 Å². The summed E-state index contributed by atoms with van der Waals surface area (Å²) in [6.45, 7) is 10.9. The van der Waals surface area contributed by atoms with E-state index < -0.39 is 83.2 Å². The molecule has 2 saturated carbocycles. The van der Waals surface area contributed by atoms with Crippen LogP contribution in [0.2, 0.25) is 0 Å². The number of aliphatic hydroxyl groups excluding tert-OH is 2. The minimum absolute atomic E-state index is 0.00697. The largest absolute Gasteiger partial charge is 0.463 e. The van der Waals surface area contributed by atoms with E-state index in [9.17, 15) is 29.4 Å². The lowest BCUT2D eigenvalue weighted by molar-refractivity contribution is -0.417. The Labute approximate surface area is 257 Å². The smallest absolute Gasteiger partial charge is 0.312 e. The number of carbonyl (C=O) groups is 4. The average Bonchev–Trinajstić information content (AvgIpc) is 3.46. The van der Waals surface area contributed by atoms with Crippen LogP contribution >= 0.6 is 0 Å². The minimum atomic E-state index is -1.55. The third kappa shape index (κ3) is 5.12. The Bertz CT molecular complexity index is 1150. The van der Waals surface area contributed by atoms with Crippen molar-refractivity contribution in [3.63, 3.8) is 0 Å². The van der Waals surface area contributed by atoms with Crippen LogP contribution in [0.3, 0.4) is 0 Å². The van der Waals surface area contributed by atoms with Crippen LogP contribution in [0.25, 0.3) is 0 Å². The number of esters is 4. The van der Waals surface area contributed by atoms with Gasteiger partial charge in [0.1, 0.15) is 18.8 Å². The van der Waals surface area contributed by atoms with Gasteiger partial charge in [-0.3, -0.25) is 19.2 Å². The number of ether oxygens (including phenoxy) is 7. The van der Waals surface area contributed by atoms with Gasteiger partial charge in [0.15, 0.2) is 24.3 Å². The molecule has 5 rings (SSSR count). The second kappa shape index (κ2) is 11.8. The van der Waals surface area contributed by atoms with Gasteiger partial charge in [0.2, 0.25) is 0 Å². The Balaban J connectivity index is 1.56. The zero-order valence-electron chi connectivity index (χ0n) is 26.5. The summed E-state index contributed by atoms with van der Waals surface area (Å²) in [5.74, 6) is -3.69. The molecule has 0 amide bonds. The normalized spacial score (nSPS) is 45.4. The van der Waals surface area contributed by atoms with Gasteiger partial charge in [-0.1, -0.05) is 13.8 Å². The molecule has 0 aromatic carbocycles. The first-order valence-corrected chi connectivity index (χ1v) is 15.6. The van der Waals surface area contributed by atoms with Crippen molar-refractivity contribution in [3.8, 4) is 0 Å². The zero-order valence-corrected chi connectivity index (χ0v) is 26.5. The molecule has 8 unspecified atom stereocenters. The molecule has 13 heteroatoms. The lowest BCUT2D eigenvalue weighted by atomic mass is 9.38. The second-order valence-electron chi connectivity index (χ2n) is 13.7. The number of fused-ring (bicyclic) bond motifs is 1. The third-order valence-electron chi connectivity index (χ3n) is 11.4. The Kier molecular flexibility index (Phi) is 8.86. The number of rotatable bonds is 8. The second-order valence-corrected chi connectivity index (χ2v) is 13.7. The Hall–Kier alpha value is -2.32. The highest BCUT2D eigenvalue weighted by Gasteiger charge is 2.81. The lowest BCUT2D eigenvalue weighted by Crippen LogP contribution is -2.85. The first-order valence-electron chi connectivity index (χ1n) is 15.6. The minimum Gasteiger partial charge on any atom is -0.463 e. The zero-order chi connectivity index (χ0) is 32.4. The summed E-state index contributed by atoms with van der Waals surface area (Å²) in [5.41, 5.74) is -3.18. The van der Waals surface area contributed by atoms with E-state index in [1.54, 1.807) is 13.8 Å². The SMILES string of the molecule is CC(=O)OC[C@]12OC[C@@]13C(OC(C)=O)C[C@H](C)[C@@](C)(C1C[C@H]4CC(O)OC4O1)[C@@H]3CC(O)C2OC(=O)C(C)C(C)OC(C)=O. The van der Waals surface area contributed by atoms with Gasteiger partial charge < -0.3 is 43.4 Å². The fourth-order valence-corrected chi connectivity index (χ4v) is 8.84. The van der Waals surface area contributed by atoms with E-state index >= 15 is 0 Å². The molecule has 0 aromatic rings. The standard InChI is InChI=1S/C31H46O13/c1-14-8-24(41-19(6)34)30-12-39-31(30,13-38-17(4)32)26(44-27(37)15(2)16(3)40-18(5)33)21(35)11-22(30)29(14,7)23-9-20-10-25(36)43-28(20)42-23/h14-16,20-26,28,35-36H,8-13H2,1-7H3/t14-,15?,16?,20-,21?,22-,23?,24?,25?,26?,28?,29+,30+,31+/m0/s1. The Morgan fingerprint density at radius 2 is 1.64 bits per heavy atom. The maximum Gasteiger partial charge on any atom is 0.312 e. The topological polar surface area (TPSA) is 173 Å². The first-order chi connectivity index (χ1) is 20.6. The van der Waals surface area contributed by atoms with Crippen LogP contribution < -0.4 is 0 Å². The molecule has 0 aromatic heterocycles. The molecule has 3 heterocycles. The van der Waals surface area contributed by atoms with Crippen molar-refractivity contribution in [2.24, 2.45) is 34.5 Å². The van der Waals surface area contributed by atoms with Gasteiger partial charge in [0.25, 0.3) is 0 Å². The predicted molar refractivity (Wildman–Crippen MR) is 148 cm³/mol. The summed E-state index contributed by atoms with van der Waals surface area (Å²) in [4.78, 5) is 49.7. The van der Waals surface area contributed by atoms with E-state index in [-0.39, 0.29) is 43.5 Å². The molecule has 0 bridgehead atoms. The highest BCUT2D eigenvalue weighted by molar-refractivity contribution is 5.74. The molecule has 13 nitrogen and oxygen atoms in total. The van der Waals surface area contributed by atoms with Gasteiger partial charge in [-0.15, -0.1) is 0 Å². The molecule has 3 aliphatic heterocycles. The molecule has 248 valence electrons. The summed E-state index contributed by atoms with van der Waals surface area (Å²) in [5, 5.41) is 21.8. The van der Waals surface area contributed by atoms with E-state index in [0.717, 1.165) is 0 Å². The summed E-state index contributed by atoms with van der Waals surface area (Å²) in [6.07, 6.45) is -4.11. The molecular weight excluding hydrogens is 580 g/mol. The van der Waals surface area contributed by atoms with Crippen LogP contribution in [-0.2, 0) is 52.3 Å². The van der Waals surface area contributed by atoms with Crippen molar-refractivity contribution in [1.29, 1.82) is 0 Å². The molecule has 2 aliphatic carbocycles. The lowest BCUT2D eigenvalue weighted by Gasteiger charge is -2.74. The molecule has 3 saturated heterocycles. The van der Waals surface area contributed by atoms with Crippen molar-refractivity contribution >= 4 is 23.9 Å². The average molecular weight is 627 g/mol. The van der Waals surface area contributed by atoms with Crippen molar-refractivity contribution in [3.05, 3.63) is 0 Å². The number of hydrogen-bond donors (Lipinski definition) is 2. The fourth-order valence-electron chi connectivity index (χ4n) is 8.84. The van der Waals surface area contributed by atoms with Crippen LogP contribution in [-0.4, -0.2) is 96.0 Å². The van der Waals surface area contributed by atoms with E-state index in [0.29, 0.717) is 19.3 Å². The first kappa shape index (κ1) is 33.1. The monoisotopic (exact) mass is 626 g/mol. The van der Waals surface area contributed by atoms with E-state index in [4.69, 9.17) is 33.2 Å². The van der Waals surface area contributed by atoms with Gasteiger partial charge in [0, 0.05) is 38.5 Å². The van der Waals surface area contributed by atoms with Crippen molar-refractivity contribution in [2.45, 2.75) is 123 Å². The van der Waals surface area contributed by atoms with E-state index in [2.05, 4.69) is 13.8 Å². The summed E-state index contributed by atoms with van der Waals surface area (Å²) < 4.78 is 41.2. The molecular formula is C31H46O13. The number of aliphatic hydroxyl groups is 2. The van der Waals surface area contributed by atoms with Crippen molar-refractivity contribution in [1.82, 2.24) is 0 Å². The summed E-state index contributed by atoms with van der Waals surface area (Å²) in [7, 11) is 0. The van der Waals surface area contributed by atoms with Crippen LogP contribution in [0.5, 0.6) is 0 Å². The highest BCUT2D eigenvalue weighted by Crippen LogP contribution is 2.71. The fraction of sp³-hybridized carbons (Fsp3) is 0.871. The maximum absolute atomic E-state index is 13.5. The van der Waals surface area contributed by atoms with Gasteiger partial charge in [0.05, 0.1) is 30.1 Å². The molecule has 1 spiro atoms. The quantitative estimate of drug-likeness (QED) is 0.294.